The van der Waals surface area contributed by atoms with Crippen molar-refractivity contribution in [2.45, 2.75) is 6.54 Å². The average Bonchev–Trinajstić information content (AvgIpc) is 2.35. The van der Waals surface area contributed by atoms with E-state index in [9.17, 15) is 4.79 Å². The van der Waals surface area contributed by atoms with Crippen LogP contribution >= 0.6 is 0 Å². The minimum Gasteiger partial charge on any atom is -0.324 e. The maximum absolute atomic E-state index is 10.9. The van der Waals surface area contributed by atoms with Gasteiger partial charge in [0.2, 0.25) is 0 Å². The Morgan fingerprint density at radius 3 is 2.61 bits per heavy atom. The van der Waals surface area contributed by atoms with Gasteiger partial charge in [-0.15, -0.1) is 0 Å². The van der Waals surface area contributed by atoms with Crippen LogP contribution in [0.2, 0.25) is 0 Å². The van der Waals surface area contributed by atoms with Crippen molar-refractivity contribution in [3.8, 4) is 0 Å². The van der Waals surface area contributed by atoms with Gasteiger partial charge >= 0.3 is 0 Å². The molecule has 18 heavy (non-hydrogen) atoms. The molecule has 4 heteroatoms. The van der Waals surface area contributed by atoms with Gasteiger partial charge in [-0.2, -0.15) is 0 Å². The summed E-state index contributed by atoms with van der Waals surface area (Å²) in [6.45, 7) is 6.00. The van der Waals surface area contributed by atoms with Gasteiger partial charge in [0.15, 0.2) is 0 Å². The number of nitrogens with zero attached hydrogens (tertiary/aromatic N) is 1. The lowest BCUT2D eigenvalue weighted by Gasteiger charge is -2.30. The van der Waals surface area contributed by atoms with Crippen molar-refractivity contribution in [2.24, 2.45) is 0 Å². The van der Waals surface area contributed by atoms with Crippen LogP contribution < -0.4 is 10.9 Å². The van der Waals surface area contributed by atoms with Crippen LogP contribution in [0.1, 0.15) is 5.56 Å². The largest absolute Gasteiger partial charge is 0.324 e. The first kappa shape index (κ1) is 14.4. The molecule has 98 valence electrons. The Bertz CT molecular complexity index is 387. The van der Waals surface area contributed by atoms with Crippen LogP contribution in [0.5, 0.6) is 0 Å². The van der Waals surface area contributed by atoms with Gasteiger partial charge in [-0.05, 0) is 6.08 Å². The summed E-state index contributed by atoms with van der Waals surface area (Å²) in [6, 6.07) is 10.4. The Hall–Kier alpha value is -1.65. The van der Waals surface area contributed by atoms with E-state index in [-0.39, 0.29) is 5.91 Å². The highest BCUT2D eigenvalue weighted by Gasteiger charge is 2.14. The van der Waals surface area contributed by atoms with Crippen LogP contribution in [-0.4, -0.2) is 37.6 Å². The summed E-state index contributed by atoms with van der Waals surface area (Å²) in [5, 5.41) is 0. The van der Waals surface area contributed by atoms with E-state index in [4.69, 9.17) is 0 Å². The molecule has 1 aromatic rings. The van der Waals surface area contributed by atoms with Gasteiger partial charge in [0, 0.05) is 5.56 Å². The lowest BCUT2D eigenvalue weighted by atomic mass is 10.2. The normalized spacial score (nSPS) is 11.0. The molecule has 0 aliphatic rings. The highest BCUT2D eigenvalue weighted by molar-refractivity contribution is 5.86. The summed E-state index contributed by atoms with van der Waals surface area (Å²) in [5.41, 5.74) is 6.76. The number of carbonyl (C=O) groups is 1. The minimum atomic E-state index is -0.205. The fourth-order valence-corrected chi connectivity index (χ4v) is 1.72. The topological polar surface area (TPSA) is 41.1 Å². The Labute approximate surface area is 109 Å². The van der Waals surface area contributed by atoms with Crippen LogP contribution in [0.4, 0.5) is 0 Å². The number of amides is 1. The van der Waals surface area contributed by atoms with Gasteiger partial charge < -0.3 is 4.48 Å². The van der Waals surface area contributed by atoms with Crippen molar-refractivity contribution >= 4 is 5.91 Å². The van der Waals surface area contributed by atoms with E-state index in [1.165, 1.54) is 11.6 Å². The summed E-state index contributed by atoms with van der Waals surface area (Å²) < 4.78 is 0.862. The second-order valence-electron chi connectivity index (χ2n) is 4.92. The van der Waals surface area contributed by atoms with Gasteiger partial charge in [0.25, 0.3) is 5.91 Å². The highest BCUT2D eigenvalue weighted by Crippen LogP contribution is 2.07. The first-order chi connectivity index (χ1) is 8.53. The molecule has 0 aromatic heterocycles. The van der Waals surface area contributed by atoms with Crippen molar-refractivity contribution in [1.82, 2.24) is 10.9 Å². The molecule has 0 fully saturated rings. The molecule has 4 nitrogen and oxygen atoms in total. The van der Waals surface area contributed by atoms with E-state index < -0.39 is 0 Å². The summed E-state index contributed by atoms with van der Waals surface area (Å²) >= 11 is 0. The van der Waals surface area contributed by atoms with Gasteiger partial charge in [-0.3, -0.25) is 10.2 Å². The minimum absolute atomic E-state index is 0.205. The van der Waals surface area contributed by atoms with Crippen LogP contribution in [-0.2, 0) is 11.3 Å². The molecular formula is C14H22N3O+. The van der Waals surface area contributed by atoms with Crippen LogP contribution in [0, 0.1) is 0 Å². The third-order valence-electron chi connectivity index (χ3n) is 2.69. The summed E-state index contributed by atoms with van der Waals surface area (Å²) in [7, 11) is 4.34. The quantitative estimate of drug-likeness (QED) is 0.328. The van der Waals surface area contributed by atoms with E-state index in [0.29, 0.717) is 0 Å². The van der Waals surface area contributed by atoms with Gasteiger partial charge in [0.1, 0.15) is 6.54 Å². The maximum Gasteiger partial charge on any atom is 0.257 e. The molecule has 0 atom stereocenters. The third-order valence-corrected chi connectivity index (χ3v) is 2.69. The van der Waals surface area contributed by atoms with Gasteiger partial charge in [0.05, 0.1) is 27.2 Å². The van der Waals surface area contributed by atoms with Crippen molar-refractivity contribution in [3.05, 3.63) is 48.6 Å². The predicted molar refractivity (Wildman–Crippen MR) is 73.5 cm³/mol. The zero-order valence-corrected chi connectivity index (χ0v) is 11.1. The van der Waals surface area contributed by atoms with Crippen molar-refractivity contribution in [1.29, 1.82) is 0 Å². The maximum atomic E-state index is 10.9. The monoisotopic (exact) mass is 248 g/mol. The molecule has 1 aromatic carbocycles. The fourth-order valence-electron chi connectivity index (χ4n) is 1.72. The average molecular weight is 248 g/mol. The smallest absolute Gasteiger partial charge is 0.257 e. The number of hydrazine groups is 1. The molecule has 2 N–H and O–H groups in total. The standard InChI is InChI=1S/C14H21N3O/c1-4-14(18)16-15-10-11-17(2,3)12-13-8-6-5-7-9-13/h4-9,15H,1,10-12H2,2-3H3/p+1. The second-order valence-corrected chi connectivity index (χ2v) is 4.92. The molecule has 0 unspecified atom stereocenters. The van der Waals surface area contributed by atoms with E-state index >= 15 is 0 Å². The Morgan fingerprint density at radius 2 is 2.00 bits per heavy atom. The number of benzene rings is 1. The first-order valence-electron chi connectivity index (χ1n) is 6.05. The molecule has 0 spiro atoms. The highest BCUT2D eigenvalue weighted by atomic mass is 16.2. The number of hydrogen-bond donors (Lipinski definition) is 2. The number of likely N-dealkylation sites (N-methyl/N-ethyl adjacent to an activating group) is 1. The predicted octanol–water partition coefficient (Wildman–Crippen LogP) is 1.07. The van der Waals surface area contributed by atoms with E-state index in [1.54, 1.807) is 0 Å². The van der Waals surface area contributed by atoms with Gasteiger partial charge in [-0.1, -0.05) is 36.9 Å². The fraction of sp³-hybridized carbons (Fsp3) is 0.357. The number of nitrogens with one attached hydrogen (secondary N) is 2. The second kappa shape index (κ2) is 6.93. The number of hydrogen-bond acceptors (Lipinski definition) is 2. The van der Waals surface area contributed by atoms with Gasteiger partial charge in [-0.25, -0.2) is 5.43 Å². The number of carbonyl (C=O) groups excluding carboxylic acids is 1. The number of rotatable bonds is 7. The molecule has 0 heterocycles. The molecule has 0 bridgehead atoms. The SMILES string of the molecule is C=CC(=O)NNCC[N+](C)(C)Cc1ccccc1. The molecule has 1 rings (SSSR count). The zero-order valence-electron chi connectivity index (χ0n) is 11.1. The zero-order chi connectivity index (χ0) is 13.4. The lowest BCUT2D eigenvalue weighted by molar-refractivity contribution is -0.902. The summed E-state index contributed by atoms with van der Waals surface area (Å²) in [4.78, 5) is 10.9. The van der Waals surface area contributed by atoms with E-state index in [0.717, 1.165) is 24.1 Å². The Morgan fingerprint density at radius 1 is 1.33 bits per heavy atom. The van der Waals surface area contributed by atoms with Crippen LogP contribution in [0.3, 0.4) is 0 Å². The third kappa shape index (κ3) is 5.61. The molecule has 0 aliphatic heterocycles. The van der Waals surface area contributed by atoms with E-state index in [1.807, 2.05) is 6.07 Å². The molecular weight excluding hydrogens is 226 g/mol. The van der Waals surface area contributed by atoms with E-state index in [2.05, 4.69) is 55.8 Å². The van der Waals surface area contributed by atoms with Crippen molar-refractivity contribution < 1.29 is 9.28 Å². The molecule has 0 aliphatic carbocycles. The molecule has 0 radical (unpaired) electrons. The summed E-state index contributed by atoms with van der Waals surface area (Å²) in [6.07, 6.45) is 1.25. The first-order valence-corrected chi connectivity index (χ1v) is 6.05. The van der Waals surface area contributed by atoms with Crippen molar-refractivity contribution in [3.63, 3.8) is 0 Å². The molecule has 0 saturated heterocycles. The number of quaternary nitrogens is 1. The lowest BCUT2D eigenvalue weighted by Crippen LogP contribution is -2.47. The Kier molecular flexibility index (Phi) is 5.55. The summed E-state index contributed by atoms with van der Waals surface area (Å²) in [5.74, 6) is -0.205. The molecule has 0 saturated carbocycles. The van der Waals surface area contributed by atoms with Crippen LogP contribution in [0.25, 0.3) is 0 Å². The molecule has 1 amide bonds. The van der Waals surface area contributed by atoms with Crippen LogP contribution in [0.15, 0.2) is 43.0 Å². The van der Waals surface area contributed by atoms with Crippen molar-refractivity contribution in [2.75, 3.05) is 27.2 Å². The Balaban J connectivity index is 2.31.